The molecule has 3 rings (SSSR count). The number of nitrogens with one attached hydrogen (secondary N) is 1. The molecule has 2 aromatic carbocycles. The van der Waals surface area contributed by atoms with Crippen LogP contribution in [0.5, 0.6) is 0 Å². The smallest absolute Gasteiger partial charge is 0.339 e. The van der Waals surface area contributed by atoms with E-state index in [1.54, 1.807) is 6.07 Å². The first-order chi connectivity index (χ1) is 13.6. The molecular weight excluding hydrogens is 352 g/mol. The summed E-state index contributed by atoms with van der Waals surface area (Å²) in [5.41, 5.74) is 2.91. The van der Waals surface area contributed by atoms with Crippen LogP contribution in [0.15, 0.2) is 60.7 Å². The number of nitrogens with zero attached hydrogens (tertiary/aromatic N) is 1. The average Bonchev–Trinajstić information content (AvgIpc) is 2.71. The lowest BCUT2D eigenvalue weighted by atomic mass is 10.0. The number of esters is 1. The van der Waals surface area contributed by atoms with Crippen molar-refractivity contribution in [2.45, 2.75) is 32.7 Å². The maximum absolute atomic E-state index is 12.6. The standard InChI is InChI=1S/C23H24N2O3/c1-3-9-20(17-10-5-4-6-11-17)25-22(26)15-28-23(27)19-14-16(2)24-21-13-8-7-12-18(19)21/h4-8,10-14,20H,3,9,15H2,1-2H3,(H,25,26)/t20-/m0/s1. The van der Waals surface area contributed by atoms with Gasteiger partial charge in [0.25, 0.3) is 5.91 Å². The van der Waals surface area contributed by atoms with Gasteiger partial charge in [0, 0.05) is 11.1 Å². The van der Waals surface area contributed by atoms with Gasteiger partial charge in [-0.3, -0.25) is 9.78 Å². The first-order valence-corrected chi connectivity index (χ1v) is 9.46. The predicted octanol–water partition coefficient (Wildman–Crippen LogP) is 4.36. The Balaban J connectivity index is 1.67. The van der Waals surface area contributed by atoms with Gasteiger partial charge in [0.2, 0.25) is 0 Å². The highest BCUT2D eigenvalue weighted by atomic mass is 16.5. The summed E-state index contributed by atoms with van der Waals surface area (Å²) in [6.07, 6.45) is 1.75. The molecule has 0 spiro atoms. The second kappa shape index (κ2) is 9.13. The van der Waals surface area contributed by atoms with Crippen molar-refractivity contribution in [3.05, 3.63) is 77.5 Å². The lowest BCUT2D eigenvalue weighted by Gasteiger charge is -2.18. The van der Waals surface area contributed by atoms with E-state index in [0.29, 0.717) is 10.9 Å². The Kier molecular flexibility index (Phi) is 6.37. The summed E-state index contributed by atoms with van der Waals surface area (Å²) in [4.78, 5) is 29.4. The summed E-state index contributed by atoms with van der Waals surface area (Å²) in [6, 6.07) is 18.8. The van der Waals surface area contributed by atoms with Crippen LogP contribution in [0.3, 0.4) is 0 Å². The van der Waals surface area contributed by atoms with Crippen molar-refractivity contribution in [1.82, 2.24) is 10.3 Å². The largest absolute Gasteiger partial charge is 0.452 e. The molecule has 0 bridgehead atoms. The SMILES string of the molecule is CCC[C@H](NC(=O)COC(=O)c1cc(C)nc2ccccc12)c1ccccc1. The molecule has 1 N–H and O–H groups in total. The molecule has 1 atom stereocenters. The van der Waals surface area contributed by atoms with Crippen molar-refractivity contribution < 1.29 is 14.3 Å². The number of pyridine rings is 1. The zero-order chi connectivity index (χ0) is 19.9. The highest BCUT2D eigenvalue weighted by Gasteiger charge is 2.17. The van der Waals surface area contributed by atoms with Crippen LogP contribution in [0.1, 0.15) is 47.4 Å². The third kappa shape index (κ3) is 4.74. The van der Waals surface area contributed by atoms with Gasteiger partial charge >= 0.3 is 5.97 Å². The second-order valence-corrected chi connectivity index (χ2v) is 6.72. The summed E-state index contributed by atoms with van der Waals surface area (Å²) in [7, 11) is 0. The van der Waals surface area contributed by atoms with Gasteiger partial charge in [-0.25, -0.2) is 4.79 Å². The van der Waals surface area contributed by atoms with Crippen LogP contribution >= 0.6 is 0 Å². The van der Waals surface area contributed by atoms with E-state index in [4.69, 9.17) is 4.74 Å². The molecule has 5 nitrogen and oxygen atoms in total. The molecule has 5 heteroatoms. The Bertz CT molecular complexity index is 970. The van der Waals surface area contributed by atoms with Crippen molar-refractivity contribution in [3.63, 3.8) is 0 Å². The van der Waals surface area contributed by atoms with Crippen LogP contribution in [0.2, 0.25) is 0 Å². The molecule has 1 aromatic heterocycles. The zero-order valence-electron chi connectivity index (χ0n) is 16.1. The van der Waals surface area contributed by atoms with Gasteiger partial charge in [-0.05, 0) is 31.0 Å². The normalized spacial score (nSPS) is 11.8. The number of rotatable bonds is 7. The third-order valence-corrected chi connectivity index (χ3v) is 4.51. The number of benzene rings is 2. The maximum Gasteiger partial charge on any atom is 0.339 e. The fourth-order valence-electron chi connectivity index (χ4n) is 3.22. The zero-order valence-corrected chi connectivity index (χ0v) is 16.1. The summed E-state index contributed by atoms with van der Waals surface area (Å²) in [5.74, 6) is -0.839. The fourth-order valence-corrected chi connectivity index (χ4v) is 3.22. The number of para-hydroxylation sites is 1. The molecule has 0 unspecified atom stereocenters. The van der Waals surface area contributed by atoms with Crippen LogP contribution in [-0.4, -0.2) is 23.5 Å². The topological polar surface area (TPSA) is 68.3 Å². The Labute approximate surface area is 164 Å². The van der Waals surface area contributed by atoms with Gasteiger partial charge in [-0.1, -0.05) is 61.9 Å². The summed E-state index contributed by atoms with van der Waals surface area (Å²) in [5, 5.41) is 3.68. The van der Waals surface area contributed by atoms with Crippen molar-refractivity contribution >= 4 is 22.8 Å². The first kappa shape index (κ1) is 19.5. The predicted molar refractivity (Wildman–Crippen MR) is 109 cm³/mol. The van der Waals surface area contributed by atoms with Crippen molar-refractivity contribution in [1.29, 1.82) is 0 Å². The lowest BCUT2D eigenvalue weighted by Crippen LogP contribution is -2.32. The van der Waals surface area contributed by atoms with Gasteiger partial charge in [0.05, 0.1) is 17.1 Å². The Hall–Kier alpha value is -3.21. The van der Waals surface area contributed by atoms with Crippen molar-refractivity contribution in [2.75, 3.05) is 6.61 Å². The minimum atomic E-state index is -0.524. The summed E-state index contributed by atoms with van der Waals surface area (Å²) in [6.45, 7) is 3.58. The van der Waals surface area contributed by atoms with Crippen LogP contribution in [0, 0.1) is 6.92 Å². The molecule has 0 saturated heterocycles. The van der Waals surface area contributed by atoms with Gasteiger partial charge in [0.1, 0.15) is 0 Å². The lowest BCUT2D eigenvalue weighted by molar-refractivity contribution is -0.125. The molecule has 1 heterocycles. The highest BCUT2D eigenvalue weighted by Crippen LogP contribution is 2.20. The third-order valence-electron chi connectivity index (χ3n) is 4.51. The van der Waals surface area contributed by atoms with E-state index in [1.165, 1.54) is 0 Å². The van der Waals surface area contributed by atoms with Crippen LogP contribution < -0.4 is 5.32 Å². The van der Waals surface area contributed by atoms with Crippen LogP contribution in [0.25, 0.3) is 10.9 Å². The van der Waals surface area contributed by atoms with E-state index in [0.717, 1.165) is 29.6 Å². The Morgan fingerprint density at radius 1 is 1.07 bits per heavy atom. The van der Waals surface area contributed by atoms with E-state index >= 15 is 0 Å². The number of carbonyl (C=O) groups excluding carboxylic acids is 2. The number of amides is 1. The van der Waals surface area contributed by atoms with E-state index in [-0.39, 0.29) is 18.6 Å². The molecule has 0 aliphatic carbocycles. The van der Waals surface area contributed by atoms with Crippen LogP contribution in [0.4, 0.5) is 0 Å². The number of fused-ring (bicyclic) bond motifs is 1. The first-order valence-electron chi connectivity index (χ1n) is 9.46. The van der Waals surface area contributed by atoms with Crippen LogP contribution in [-0.2, 0) is 9.53 Å². The average molecular weight is 376 g/mol. The molecule has 144 valence electrons. The van der Waals surface area contributed by atoms with E-state index in [2.05, 4.69) is 17.2 Å². The van der Waals surface area contributed by atoms with Gasteiger partial charge < -0.3 is 10.1 Å². The number of ether oxygens (including phenoxy) is 1. The fraction of sp³-hybridized carbons (Fsp3) is 0.261. The number of aromatic nitrogens is 1. The van der Waals surface area contributed by atoms with Gasteiger partial charge in [-0.15, -0.1) is 0 Å². The highest BCUT2D eigenvalue weighted by molar-refractivity contribution is 6.04. The van der Waals surface area contributed by atoms with Crippen molar-refractivity contribution in [3.8, 4) is 0 Å². The molecule has 0 radical (unpaired) electrons. The monoisotopic (exact) mass is 376 g/mol. The molecule has 0 aliphatic heterocycles. The number of hydrogen-bond acceptors (Lipinski definition) is 4. The molecule has 0 saturated carbocycles. The number of aryl methyl sites for hydroxylation is 1. The maximum atomic E-state index is 12.6. The molecule has 3 aromatic rings. The minimum absolute atomic E-state index is 0.0959. The van der Waals surface area contributed by atoms with E-state index in [9.17, 15) is 9.59 Å². The van der Waals surface area contributed by atoms with Crippen molar-refractivity contribution in [2.24, 2.45) is 0 Å². The quantitative estimate of drug-likeness (QED) is 0.622. The molecule has 0 aliphatic rings. The Morgan fingerprint density at radius 3 is 2.54 bits per heavy atom. The second-order valence-electron chi connectivity index (χ2n) is 6.72. The number of hydrogen-bond donors (Lipinski definition) is 1. The molecule has 28 heavy (non-hydrogen) atoms. The van der Waals surface area contributed by atoms with E-state index in [1.807, 2.05) is 61.5 Å². The number of carbonyl (C=O) groups is 2. The summed E-state index contributed by atoms with van der Waals surface area (Å²) >= 11 is 0. The van der Waals surface area contributed by atoms with Gasteiger partial charge in [0.15, 0.2) is 6.61 Å². The molecule has 1 amide bonds. The molecule has 0 fully saturated rings. The summed E-state index contributed by atoms with van der Waals surface area (Å²) < 4.78 is 5.29. The van der Waals surface area contributed by atoms with Gasteiger partial charge in [-0.2, -0.15) is 0 Å². The Morgan fingerprint density at radius 2 is 1.79 bits per heavy atom. The van der Waals surface area contributed by atoms with E-state index < -0.39 is 5.97 Å². The molecular formula is C23H24N2O3. The minimum Gasteiger partial charge on any atom is -0.452 e.